The van der Waals surface area contributed by atoms with E-state index >= 15 is 0 Å². The van der Waals surface area contributed by atoms with Crippen molar-refractivity contribution in [1.82, 2.24) is 0 Å². The third kappa shape index (κ3) is 21.0. The van der Waals surface area contributed by atoms with Crippen molar-refractivity contribution in [3.05, 3.63) is 6.16 Å². The topological polar surface area (TPSA) is 0 Å². The molecule has 0 aliphatic carbocycles. The molecule has 23 heavy (non-hydrogen) atoms. The number of unbranched alkanes of at least 4 members (excludes halogenated alkanes) is 9. The van der Waals surface area contributed by atoms with Gasteiger partial charge in [0.2, 0.25) is 0 Å². The maximum atomic E-state index is 2.64. The molecule has 0 saturated heterocycles. The molecule has 0 N–H and O–H groups in total. The summed E-state index contributed by atoms with van der Waals surface area (Å²) in [7, 11) is 1.12. The number of hydrogen-bond acceptors (Lipinski definition) is 0. The molecule has 0 aromatic heterocycles. The van der Waals surface area contributed by atoms with Crippen molar-refractivity contribution in [1.29, 1.82) is 0 Å². The van der Waals surface area contributed by atoms with Crippen LogP contribution in [0.15, 0.2) is 0 Å². The summed E-state index contributed by atoms with van der Waals surface area (Å²) in [5.41, 5.74) is 0. The second-order valence-corrected chi connectivity index (χ2v) is 8.34. The SMILES string of the molecule is CCCCCCCCC(C[CH-]PCCCCCCC)CCC.[V]. The Hall–Kier alpha value is 1.01. The van der Waals surface area contributed by atoms with Crippen LogP contribution in [0.2, 0.25) is 0 Å². The average molecular weight is 379 g/mol. The molecule has 0 aliphatic rings. The van der Waals surface area contributed by atoms with Crippen LogP contribution < -0.4 is 0 Å². The van der Waals surface area contributed by atoms with Gasteiger partial charge in [-0.2, -0.15) is 6.42 Å². The van der Waals surface area contributed by atoms with E-state index < -0.39 is 0 Å². The Bertz CT molecular complexity index is 196. The maximum absolute atomic E-state index is 2.64. The Kier molecular flexibility index (Phi) is 26.3. The Morgan fingerprint density at radius 3 is 1.83 bits per heavy atom. The zero-order chi connectivity index (χ0) is 16.3. The van der Waals surface area contributed by atoms with E-state index in [1.54, 1.807) is 0 Å². The van der Waals surface area contributed by atoms with Gasteiger partial charge in [0.25, 0.3) is 0 Å². The monoisotopic (exact) mass is 378 g/mol. The van der Waals surface area contributed by atoms with Crippen molar-refractivity contribution < 1.29 is 18.6 Å². The molecule has 0 bridgehead atoms. The summed E-state index contributed by atoms with van der Waals surface area (Å²) in [6, 6.07) is 0. The van der Waals surface area contributed by atoms with Gasteiger partial charge in [0.05, 0.1) is 0 Å². The van der Waals surface area contributed by atoms with Crippen LogP contribution in [0, 0.1) is 12.1 Å². The normalized spacial score (nSPS) is 12.7. The fourth-order valence-corrected chi connectivity index (χ4v) is 4.34. The summed E-state index contributed by atoms with van der Waals surface area (Å²) in [5, 5.41) is 0. The van der Waals surface area contributed by atoms with Gasteiger partial charge in [-0.05, 0) is 0 Å². The largest absolute Gasteiger partial charge is 0.305 e. The summed E-state index contributed by atoms with van der Waals surface area (Å²) < 4.78 is 0. The van der Waals surface area contributed by atoms with E-state index in [0.29, 0.717) is 0 Å². The van der Waals surface area contributed by atoms with E-state index in [9.17, 15) is 0 Å². The summed E-state index contributed by atoms with van der Waals surface area (Å²) >= 11 is 0. The second-order valence-electron chi connectivity index (χ2n) is 7.02. The van der Waals surface area contributed by atoms with Gasteiger partial charge in [0, 0.05) is 18.6 Å². The molecule has 2 unspecified atom stereocenters. The minimum Gasteiger partial charge on any atom is -0.305 e. The van der Waals surface area contributed by atoms with E-state index in [1.807, 2.05) is 0 Å². The first-order valence-electron chi connectivity index (χ1n) is 10.4. The van der Waals surface area contributed by atoms with E-state index in [2.05, 4.69) is 26.9 Å². The molecular weight excluding hydrogens is 334 g/mol. The van der Waals surface area contributed by atoms with E-state index in [1.165, 1.54) is 102 Å². The predicted molar refractivity (Wildman–Crippen MR) is 107 cm³/mol. The van der Waals surface area contributed by atoms with Crippen LogP contribution in [0.3, 0.4) is 0 Å². The van der Waals surface area contributed by atoms with Gasteiger partial charge in [-0.1, -0.05) is 123 Å². The van der Waals surface area contributed by atoms with Crippen LogP contribution >= 0.6 is 8.58 Å². The molecule has 0 fully saturated rings. The van der Waals surface area contributed by atoms with Crippen LogP contribution in [-0.2, 0) is 18.6 Å². The van der Waals surface area contributed by atoms with E-state index in [4.69, 9.17) is 0 Å². The van der Waals surface area contributed by atoms with Crippen LogP contribution in [-0.4, -0.2) is 6.16 Å². The summed E-state index contributed by atoms with van der Waals surface area (Å²) in [5.74, 6) is 0.990. The van der Waals surface area contributed by atoms with Gasteiger partial charge in [-0.3, -0.25) is 8.58 Å². The van der Waals surface area contributed by atoms with Crippen LogP contribution in [0.4, 0.5) is 0 Å². The Morgan fingerprint density at radius 1 is 0.652 bits per heavy atom. The van der Waals surface area contributed by atoms with Crippen LogP contribution in [0.25, 0.3) is 0 Å². The third-order valence-electron chi connectivity index (χ3n) is 4.68. The molecule has 0 aromatic carbocycles. The molecule has 0 heterocycles. The summed E-state index contributed by atoms with van der Waals surface area (Å²) in [6.45, 7) is 6.95. The third-order valence-corrected chi connectivity index (χ3v) is 5.85. The van der Waals surface area contributed by atoms with Crippen molar-refractivity contribution in [3.63, 3.8) is 0 Å². The molecule has 139 valence electrons. The molecule has 0 aromatic rings. The van der Waals surface area contributed by atoms with Gasteiger partial charge in [-0.25, -0.2) is 0 Å². The standard InChI is InChI=1S/C21H44P.V/c1-4-7-9-11-12-14-17-21(16-6-3)18-20-22-19-15-13-10-8-5-2;/h20-22H,4-19H2,1-3H3;/q-1;. The minimum absolute atomic E-state index is 0. The smallest absolute Gasteiger partial charge is 0 e. The fraction of sp³-hybridized carbons (Fsp3) is 0.952. The van der Waals surface area contributed by atoms with Gasteiger partial charge in [0.1, 0.15) is 0 Å². The second kappa shape index (κ2) is 23.0. The molecule has 2 heteroatoms. The van der Waals surface area contributed by atoms with Crippen molar-refractivity contribution in [3.8, 4) is 0 Å². The summed E-state index contributed by atoms with van der Waals surface area (Å²) in [4.78, 5) is 0. The van der Waals surface area contributed by atoms with E-state index in [-0.39, 0.29) is 18.6 Å². The van der Waals surface area contributed by atoms with E-state index in [0.717, 1.165) is 14.5 Å². The molecule has 0 rings (SSSR count). The fourth-order valence-electron chi connectivity index (χ4n) is 3.18. The molecule has 1 radical (unpaired) electrons. The van der Waals surface area contributed by atoms with Gasteiger partial charge in [-0.15, -0.1) is 0 Å². The van der Waals surface area contributed by atoms with Crippen molar-refractivity contribution >= 4 is 8.58 Å². The van der Waals surface area contributed by atoms with Crippen LogP contribution in [0.1, 0.15) is 117 Å². The quantitative estimate of drug-likeness (QED) is 0.128. The predicted octanol–water partition coefficient (Wildman–Crippen LogP) is 8.35. The first-order valence-corrected chi connectivity index (χ1v) is 11.7. The number of hydrogen-bond donors (Lipinski definition) is 0. The minimum atomic E-state index is 0. The first kappa shape index (κ1) is 26.2. The van der Waals surface area contributed by atoms with Crippen LogP contribution in [0.5, 0.6) is 0 Å². The summed E-state index contributed by atoms with van der Waals surface area (Å²) in [6.07, 6.45) is 25.7. The van der Waals surface area contributed by atoms with Gasteiger partial charge < -0.3 is 6.16 Å². The van der Waals surface area contributed by atoms with Crippen molar-refractivity contribution in [2.75, 3.05) is 6.16 Å². The maximum Gasteiger partial charge on any atom is 0 e. The van der Waals surface area contributed by atoms with Crippen molar-refractivity contribution in [2.45, 2.75) is 117 Å². The Labute approximate surface area is 162 Å². The molecule has 0 aliphatic heterocycles. The molecule has 0 amide bonds. The Morgan fingerprint density at radius 2 is 1.22 bits per heavy atom. The molecule has 2 atom stereocenters. The molecule has 0 spiro atoms. The molecular formula is C21H44PV-. The zero-order valence-electron chi connectivity index (χ0n) is 16.4. The molecule has 0 nitrogen and oxygen atoms in total. The number of rotatable bonds is 18. The Balaban J connectivity index is 0. The first-order chi connectivity index (χ1) is 10.8. The average Bonchev–Trinajstić information content (AvgIpc) is 2.53. The molecule has 0 saturated carbocycles. The zero-order valence-corrected chi connectivity index (χ0v) is 18.8. The van der Waals surface area contributed by atoms with Gasteiger partial charge >= 0.3 is 0 Å². The van der Waals surface area contributed by atoms with Crippen molar-refractivity contribution in [2.24, 2.45) is 5.92 Å². The van der Waals surface area contributed by atoms with Gasteiger partial charge in [0.15, 0.2) is 0 Å².